The van der Waals surface area contributed by atoms with E-state index in [9.17, 15) is 4.39 Å². The zero-order valence-corrected chi connectivity index (χ0v) is 8.99. The lowest BCUT2D eigenvalue weighted by molar-refractivity contribution is 0.282. The summed E-state index contributed by atoms with van der Waals surface area (Å²) in [5.74, 6) is 0. The third-order valence-corrected chi connectivity index (χ3v) is 3.13. The Morgan fingerprint density at radius 2 is 2.44 bits per heavy atom. The summed E-state index contributed by atoms with van der Waals surface area (Å²) in [6, 6.07) is 6.23. The van der Waals surface area contributed by atoms with Crippen molar-refractivity contribution in [1.29, 1.82) is 0 Å². The fourth-order valence-corrected chi connectivity index (χ4v) is 2.27. The molecule has 0 amide bonds. The first-order chi connectivity index (χ1) is 7.81. The molecule has 0 bridgehead atoms. The molecule has 1 unspecified atom stereocenters. The molecule has 0 spiro atoms. The second kappa shape index (κ2) is 3.87. The molecule has 2 aromatic rings. The van der Waals surface area contributed by atoms with Gasteiger partial charge in [0, 0.05) is 25.0 Å². The van der Waals surface area contributed by atoms with Gasteiger partial charge in [0.05, 0.1) is 11.7 Å². The summed E-state index contributed by atoms with van der Waals surface area (Å²) in [7, 11) is 0. The fourth-order valence-electron chi connectivity index (χ4n) is 2.27. The van der Waals surface area contributed by atoms with Gasteiger partial charge in [-0.25, -0.2) is 4.39 Å². The lowest BCUT2D eigenvalue weighted by Gasteiger charge is -2.14. The number of hydrogen-bond acceptors (Lipinski definition) is 2. The predicted octanol–water partition coefficient (Wildman–Crippen LogP) is 2.11. The molecule has 0 aliphatic carbocycles. The van der Waals surface area contributed by atoms with Crippen LogP contribution in [0.1, 0.15) is 12.0 Å². The van der Waals surface area contributed by atoms with Crippen LogP contribution in [-0.4, -0.2) is 34.4 Å². The first kappa shape index (κ1) is 9.78. The highest BCUT2D eigenvalue weighted by atomic mass is 19.1. The van der Waals surface area contributed by atoms with E-state index in [1.807, 2.05) is 6.20 Å². The van der Waals surface area contributed by atoms with Gasteiger partial charge in [0.1, 0.15) is 6.17 Å². The Balaban J connectivity index is 1.78. The number of benzene rings is 1. The van der Waals surface area contributed by atoms with Crippen molar-refractivity contribution in [2.45, 2.75) is 19.1 Å². The number of alkyl halides is 1. The van der Waals surface area contributed by atoms with Crippen LogP contribution < -0.4 is 0 Å². The van der Waals surface area contributed by atoms with E-state index in [4.69, 9.17) is 0 Å². The lowest BCUT2D eigenvalue weighted by Crippen LogP contribution is -2.20. The molecule has 1 aromatic carbocycles. The Hall–Kier alpha value is -1.42. The summed E-state index contributed by atoms with van der Waals surface area (Å²) in [5.41, 5.74) is 2.26. The molecule has 16 heavy (non-hydrogen) atoms. The SMILES string of the molecule is FC1CCN(Cc2ccc3cn[nH]c3c2)C1. The van der Waals surface area contributed by atoms with Crippen LogP contribution in [0, 0.1) is 0 Å². The third-order valence-electron chi connectivity index (χ3n) is 3.13. The van der Waals surface area contributed by atoms with Gasteiger partial charge in [-0.05, 0) is 18.1 Å². The van der Waals surface area contributed by atoms with Crippen molar-refractivity contribution < 1.29 is 4.39 Å². The summed E-state index contributed by atoms with van der Waals surface area (Å²) < 4.78 is 13.0. The Morgan fingerprint density at radius 3 is 3.25 bits per heavy atom. The number of aromatic amines is 1. The molecule has 1 fully saturated rings. The highest BCUT2D eigenvalue weighted by Crippen LogP contribution is 2.18. The Labute approximate surface area is 93.3 Å². The van der Waals surface area contributed by atoms with Gasteiger partial charge in [-0.2, -0.15) is 5.10 Å². The summed E-state index contributed by atoms with van der Waals surface area (Å²) in [4.78, 5) is 2.15. The van der Waals surface area contributed by atoms with Crippen molar-refractivity contribution in [2.75, 3.05) is 13.1 Å². The van der Waals surface area contributed by atoms with E-state index in [0.29, 0.717) is 13.0 Å². The van der Waals surface area contributed by atoms with Crippen LogP contribution in [0.25, 0.3) is 10.9 Å². The number of rotatable bonds is 2. The van der Waals surface area contributed by atoms with Crippen LogP contribution in [0.5, 0.6) is 0 Å². The molecule has 1 atom stereocenters. The maximum atomic E-state index is 13.0. The number of fused-ring (bicyclic) bond motifs is 1. The van der Waals surface area contributed by atoms with E-state index >= 15 is 0 Å². The predicted molar refractivity (Wildman–Crippen MR) is 60.9 cm³/mol. The quantitative estimate of drug-likeness (QED) is 0.838. The van der Waals surface area contributed by atoms with Gasteiger partial charge < -0.3 is 0 Å². The second-order valence-electron chi connectivity index (χ2n) is 4.41. The Bertz CT molecular complexity index is 494. The van der Waals surface area contributed by atoms with E-state index in [2.05, 4.69) is 33.3 Å². The van der Waals surface area contributed by atoms with Crippen molar-refractivity contribution in [3.63, 3.8) is 0 Å². The van der Waals surface area contributed by atoms with Crippen molar-refractivity contribution in [3.05, 3.63) is 30.0 Å². The van der Waals surface area contributed by atoms with Crippen LogP contribution in [-0.2, 0) is 6.54 Å². The van der Waals surface area contributed by atoms with Crippen LogP contribution in [0.4, 0.5) is 4.39 Å². The van der Waals surface area contributed by atoms with Gasteiger partial charge in [-0.1, -0.05) is 12.1 Å². The van der Waals surface area contributed by atoms with Crippen LogP contribution >= 0.6 is 0 Å². The van der Waals surface area contributed by atoms with E-state index in [1.54, 1.807) is 0 Å². The summed E-state index contributed by atoms with van der Waals surface area (Å²) in [5, 5.41) is 8.06. The van der Waals surface area contributed by atoms with Crippen molar-refractivity contribution in [1.82, 2.24) is 15.1 Å². The number of likely N-dealkylation sites (tertiary alicyclic amines) is 1. The molecule has 1 saturated heterocycles. The highest BCUT2D eigenvalue weighted by molar-refractivity contribution is 5.78. The number of hydrogen-bond donors (Lipinski definition) is 1. The normalized spacial score (nSPS) is 21.9. The summed E-state index contributed by atoms with van der Waals surface area (Å²) >= 11 is 0. The fraction of sp³-hybridized carbons (Fsp3) is 0.417. The maximum Gasteiger partial charge on any atom is 0.114 e. The van der Waals surface area contributed by atoms with Crippen LogP contribution in [0.2, 0.25) is 0 Å². The largest absolute Gasteiger partial charge is 0.296 e. The van der Waals surface area contributed by atoms with Crippen molar-refractivity contribution >= 4 is 10.9 Å². The molecule has 3 rings (SSSR count). The molecule has 1 aliphatic rings. The third kappa shape index (κ3) is 1.80. The minimum Gasteiger partial charge on any atom is -0.296 e. The van der Waals surface area contributed by atoms with Gasteiger partial charge >= 0.3 is 0 Å². The topological polar surface area (TPSA) is 31.9 Å². The van der Waals surface area contributed by atoms with Gasteiger partial charge in [-0.3, -0.25) is 10.00 Å². The minimum absolute atomic E-state index is 0.570. The van der Waals surface area contributed by atoms with Crippen molar-refractivity contribution in [2.24, 2.45) is 0 Å². The molecule has 84 valence electrons. The molecular weight excluding hydrogens is 205 g/mol. The first-order valence-corrected chi connectivity index (χ1v) is 5.60. The highest BCUT2D eigenvalue weighted by Gasteiger charge is 2.21. The smallest absolute Gasteiger partial charge is 0.114 e. The first-order valence-electron chi connectivity index (χ1n) is 5.60. The maximum absolute atomic E-state index is 13.0. The molecule has 0 saturated carbocycles. The number of nitrogens with one attached hydrogen (secondary N) is 1. The molecule has 3 nitrogen and oxygen atoms in total. The second-order valence-corrected chi connectivity index (χ2v) is 4.41. The molecule has 0 radical (unpaired) electrons. The van der Waals surface area contributed by atoms with Gasteiger partial charge in [0.15, 0.2) is 0 Å². The average Bonchev–Trinajstić information content (AvgIpc) is 2.87. The van der Waals surface area contributed by atoms with E-state index in [1.165, 1.54) is 5.56 Å². The molecule has 1 aromatic heterocycles. The van der Waals surface area contributed by atoms with Crippen LogP contribution in [0.3, 0.4) is 0 Å². The zero-order chi connectivity index (χ0) is 11.0. The van der Waals surface area contributed by atoms with Gasteiger partial charge in [0.25, 0.3) is 0 Å². The monoisotopic (exact) mass is 219 g/mol. The number of nitrogens with zero attached hydrogens (tertiary/aromatic N) is 2. The van der Waals surface area contributed by atoms with Gasteiger partial charge in [-0.15, -0.1) is 0 Å². The Kier molecular flexibility index (Phi) is 2.36. The van der Waals surface area contributed by atoms with E-state index in [0.717, 1.165) is 24.0 Å². The van der Waals surface area contributed by atoms with Crippen molar-refractivity contribution in [3.8, 4) is 0 Å². The van der Waals surface area contributed by atoms with E-state index < -0.39 is 6.17 Å². The molecule has 1 N–H and O–H groups in total. The molecule has 2 heterocycles. The molecule has 1 aliphatic heterocycles. The lowest BCUT2D eigenvalue weighted by atomic mass is 10.1. The molecule has 4 heteroatoms. The summed E-state index contributed by atoms with van der Waals surface area (Å²) in [6.45, 7) is 2.26. The molecular formula is C12H14FN3. The number of halogens is 1. The average molecular weight is 219 g/mol. The van der Waals surface area contributed by atoms with E-state index in [-0.39, 0.29) is 0 Å². The Morgan fingerprint density at radius 1 is 1.50 bits per heavy atom. The standard InChI is InChI=1S/C12H14FN3/c13-11-3-4-16(8-11)7-9-1-2-10-6-14-15-12(10)5-9/h1-2,5-6,11H,3-4,7-8H2,(H,14,15). The number of H-pyrrole nitrogens is 1. The zero-order valence-electron chi connectivity index (χ0n) is 8.99. The van der Waals surface area contributed by atoms with Gasteiger partial charge in [0.2, 0.25) is 0 Å². The summed E-state index contributed by atoms with van der Waals surface area (Å²) in [6.07, 6.45) is 1.84. The minimum atomic E-state index is -0.643. The number of aromatic nitrogens is 2. The van der Waals surface area contributed by atoms with Crippen LogP contribution in [0.15, 0.2) is 24.4 Å².